The molecular formula is C13H16N4O. The van der Waals surface area contributed by atoms with Gasteiger partial charge in [0.25, 0.3) is 0 Å². The van der Waals surface area contributed by atoms with Crippen LogP contribution < -0.4 is 10.1 Å². The molecule has 2 rings (SSSR count). The van der Waals surface area contributed by atoms with E-state index in [0.717, 1.165) is 5.56 Å². The summed E-state index contributed by atoms with van der Waals surface area (Å²) in [6.45, 7) is 4.57. The van der Waals surface area contributed by atoms with Crippen molar-refractivity contribution in [2.24, 2.45) is 0 Å². The summed E-state index contributed by atoms with van der Waals surface area (Å²) in [5, 5.41) is 3.18. The van der Waals surface area contributed by atoms with Crippen molar-refractivity contribution in [2.45, 2.75) is 26.5 Å². The Hall–Kier alpha value is -2.17. The third-order valence-corrected chi connectivity index (χ3v) is 2.17. The maximum Gasteiger partial charge on any atom is 0.234 e. The first-order chi connectivity index (χ1) is 8.74. The standard InChI is InChI=1S/C13H16N4O/c1-10(2)18-13-9-15-8-12(17-13)16-7-11-4-3-5-14-6-11/h3-6,8-10H,7H2,1-2H3,(H,16,17). The summed E-state index contributed by atoms with van der Waals surface area (Å²) >= 11 is 0. The lowest BCUT2D eigenvalue weighted by Crippen LogP contribution is -2.09. The topological polar surface area (TPSA) is 59.9 Å². The molecule has 0 saturated carbocycles. The van der Waals surface area contributed by atoms with Gasteiger partial charge in [0, 0.05) is 18.9 Å². The number of rotatable bonds is 5. The fourth-order valence-electron chi connectivity index (χ4n) is 1.43. The number of aromatic nitrogens is 3. The Kier molecular flexibility index (Phi) is 4.06. The summed E-state index contributed by atoms with van der Waals surface area (Å²) in [7, 11) is 0. The van der Waals surface area contributed by atoms with Crippen molar-refractivity contribution in [1.29, 1.82) is 0 Å². The van der Waals surface area contributed by atoms with Crippen LogP contribution in [0.4, 0.5) is 5.82 Å². The molecule has 0 aliphatic heterocycles. The summed E-state index contributed by atoms with van der Waals surface area (Å²) in [5.74, 6) is 1.22. The molecule has 0 radical (unpaired) electrons. The van der Waals surface area contributed by atoms with Crippen LogP contribution in [0.15, 0.2) is 36.9 Å². The lowest BCUT2D eigenvalue weighted by atomic mass is 10.3. The zero-order chi connectivity index (χ0) is 12.8. The van der Waals surface area contributed by atoms with Crippen LogP contribution in [0.5, 0.6) is 5.88 Å². The highest BCUT2D eigenvalue weighted by Crippen LogP contribution is 2.11. The number of hydrogen-bond donors (Lipinski definition) is 1. The van der Waals surface area contributed by atoms with Crippen LogP contribution in [0.1, 0.15) is 19.4 Å². The van der Waals surface area contributed by atoms with E-state index in [9.17, 15) is 0 Å². The van der Waals surface area contributed by atoms with Gasteiger partial charge in [0.1, 0.15) is 5.82 Å². The highest BCUT2D eigenvalue weighted by molar-refractivity contribution is 5.34. The number of nitrogens with zero attached hydrogens (tertiary/aromatic N) is 3. The zero-order valence-corrected chi connectivity index (χ0v) is 10.5. The summed E-state index contributed by atoms with van der Waals surface area (Å²) in [6, 6.07) is 3.91. The molecule has 0 aliphatic rings. The Morgan fingerprint density at radius 1 is 1.22 bits per heavy atom. The van der Waals surface area contributed by atoms with Gasteiger partial charge in [-0.2, -0.15) is 4.98 Å². The van der Waals surface area contributed by atoms with E-state index in [4.69, 9.17) is 4.74 Å². The zero-order valence-electron chi connectivity index (χ0n) is 10.5. The van der Waals surface area contributed by atoms with Crippen molar-refractivity contribution in [1.82, 2.24) is 15.0 Å². The Morgan fingerprint density at radius 2 is 2.11 bits per heavy atom. The van der Waals surface area contributed by atoms with Crippen LogP contribution in [0.25, 0.3) is 0 Å². The van der Waals surface area contributed by atoms with Crippen LogP contribution in [0.2, 0.25) is 0 Å². The Balaban J connectivity index is 1.97. The molecule has 5 heteroatoms. The number of hydrogen-bond acceptors (Lipinski definition) is 5. The average Bonchev–Trinajstić information content (AvgIpc) is 2.37. The normalized spacial score (nSPS) is 10.4. The molecule has 0 saturated heterocycles. The molecule has 0 atom stereocenters. The predicted octanol–water partition coefficient (Wildman–Crippen LogP) is 2.27. The van der Waals surface area contributed by atoms with E-state index in [1.165, 1.54) is 0 Å². The number of ether oxygens (including phenoxy) is 1. The summed E-state index contributed by atoms with van der Waals surface area (Å²) in [4.78, 5) is 12.4. The maximum absolute atomic E-state index is 5.48. The van der Waals surface area contributed by atoms with E-state index >= 15 is 0 Å². The van der Waals surface area contributed by atoms with E-state index in [-0.39, 0.29) is 6.10 Å². The minimum absolute atomic E-state index is 0.0906. The fourth-order valence-corrected chi connectivity index (χ4v) is 1.43. The van der Waals surface area contributed by atoms with E-state index in [1.807, 2.05) is 32.2 Å². The van der Waals surface area contributed by atoms with Gasteiger partial charge in [-0.25, -0.2) is 0 Å². The van der Waals surface area contributed by atoms with Gasteiger partial charge in [-0.3, -0.25) is 9.97 Å². The van der Waals surface area contributed by atoms with Gasteiger partial charge in [-0.1, -0.05) is 6.07 Å². The smallest absolute Gasteiger partial charge is 0.234 e. The van der Waals surface area contributed by atoms with Crippen LogP contribution >= 0.6 is 0 Å². The first-order valence-electron chi connectivity index (χ1n) is 5.85. The molecule has 1 N–H and O–H groups in total. The van der Waals surface area contributed by atoms with E-state index in [1.54, 1.807) is 18.6 Å². The molecular weight excluding hydrogens is 228 g/mol. The summed E-state index contributed by atoms with van der Waals surface area (Å²) in [6.07, 6.45) is 6.93. The number of anilines is 1. The molecule has 2 heterocycles. The average molecular weight is 244 g/mol. The fraction of sp³-hybridized carbons (Fsp3) is 0.308. The number of pyridine rings is 1. The quantitative estimate of drug-likeness (QED) is 0.874. The molecule has 0 aliphatic carbocycles. The molecule has 94 valence electrons. The second-order valence-corrected chi connectivity index (χ2v) is 4.12. The lowest BCUT2D eigenvalue weighted by molar-refractivity contribution is 0.232. The monoisotopic (exact) mass is 244 g/mol. The highest BCUT2D eigenvalue weighted by atomic mass is 16.5. The van der Waals surface area contributed by atoms with Crippen LogP contribution in [-0.2, 0) is 6.54 Å². The van der Waals surface area contributed by atoms with Crippen molar-refractivity contribution in [3.05, 3.63) is 42.5 Å². The molecule has 0 bridgehead atoms. The Morgan fingerprint density at radius 3 is 2.83 bits per heavy atom. The minimum Gasteiger partial charge on any atom is -0.474 e. The highest BCUT2D eigenvalue weighted by Gasteiger charge is 2.01. The van der Waals surface area contributed by atoms with E-state index in [2.05, 4.69) is 20.3 Å². The van der Waals surface area contributed by atoms with Gasteiger partial charge in [0.05, 0.1) is 18.5 Å². The predicted molar refractivity (Wildman–Crippen MR) is 69.4 cm³/mol. The van der Waals surface area contributed by atoms with Gasteiger partial charge >= 0.3 is 0 Å². The van der Waals surface area contributed by atoms with Crippen LogP contribution in [0.3, 0.4) is 0 Å². The van der Waals surface area contributed by atoms with Gasteiger partial charge in [-0.05, 0) is 25.5 Å². The third-order valence-electron chi connectivity index (χ3n) is 2.17. The SMILES string of the molecule is CC(C)Oc1cncc(NCc2cccnc2)n1. The van der Waals surface area contributed by atoms with Crippen LogP contribution in [0, 0.1) is 0 Å². The molecule has 0 aromatic carbocycles. The molecule has 0 unspecified atom stereocenters. The molecule has 2 aromatic heterocycles. The molecule has 0 fully saturated rings. The van der Waals surface area contributed by atoms with Gasteiger partial charge in [0.15, 0.2) is 0 Å². The molecule has 18 heavy (non-hydrogen) atoms. The third kappa shape index (κ3) is 3.69. The van der Waals surface area contributed by atoms with Gasteiger partial charge in [-0.15, -0.1) is 0 Å². The van der Waals surface area contributed by atoms with Crippen LogP contribution in [-0.4, -0.2) is 21.1 Å². The van der Waals surface area contributed by atoms with E-state index in [0.29, 0.717) is 18.2 Å². The maximum atomic E-state index is 5.48. The summed E-state index contributed by atoms with van der Waals surface area (Å²) < 4.78 is 5.48. The second-order valence-electron chi connectivity index (χ2n) is 4.12. The van der Waals surface area contributed by atoms with Gasteiger partial charge in [0.2, 0.25) is 5.88 Å². The molecule has 2 aromatic rings. The molecule has 5 nitrogen and oxygen atoms in total. The van der Waals surface area contributed by atoms with Crippen molar-refractivity contribution in [2.75, 3.05) is 5.32 Å². The van der Waals surface area contributed by atoms with Crippen molar-refractivity contribution < 1.29 is 4.74 Å². The Bertz CT molecular complexity index is 487. The number of nitrogens with one attached hydrogen (secondary N) is 1. The Labute approximate surface area is 106 Å². The van der Waals surface area contributed by atoms with Crippen molar-refractivity contribution >= 4 is 5.82 Å². The lowest BCUT2D eigenvalue weighted by Gasteiger charge is -2.10. The van der Waals surface area contributed by atoms with Crippen molar-refractivity contribution in [3.8, 4) is 5.88 Å². The van der Waals surface area contributed by atoms with Crippen molar-refractivity contribution in [3.63, 3.8) is 0 Å². The van der Waals surface area contributed by atoms with Gasteiger partial charge < -0.3 is 10.1 Å². The van der Waals surface area contributed by atoms with E-state index < -0.39 is 0 Å². The first-order valence-corrected chi connectivity index (χ1v) is 5.85. The minimum atomic E-state index is 0.0906. The first kappa shape index (κ1) is 12.3. The molecule has 0 spiro atoms. The second kappa shape index (κ2) is 5.95. The summed E-state index contributed by atoms with van der Waals surface area (Å²) in [5.41, 5.74) is 1.09. The largest absolute Gasteiger partial charge is 0.474 e. The molecule has 0 amide bonds.